The van der Waals surface area contributed by atoms with Gasteiger partial charge >= 0.3 is 0 Å². The maximum Gasteiger partial charge on any atom is 0.241 e. The summed E-state index contributed by atoms with van der Waals surface area (Å²) in [4.78, 5) is 7.00. The van der Waals surface area contributed by atoms with Crippen LogP contribution in [0.5, 0.6) is 0 Å². The van der Waals surface area contributed by atoms with E-state index in [1.165, 1.54) is 30.5 Å². The van der Waals surface area contributed by atoms with Gasteiger partial charge in [0, 0.05) is 55.0 Å². The molecule has 38 heavy (non-hydrogen) atoms. The maximum atomic E-state index is 13.3. The fourth-order valence-electron chi connectivity index (χ4n) is 5.24. The van der Waals surface area contributed by atoms with Crippen LogP contribution in [0.4, 0.5) is 5.69 Å². The first-order valence-corrected chi connectivity index (χ1v) is 15.1. The second kappa shape index (κ2) is 12.5. The van der Waals surface area contributed by atoms with E-state index < -0.39 is 10.0 Å². The number of sulfonamides is 1. The predicted octanol–water partition coefficient (Wildman–Crippen LogP) is 5.39. The molecule has 0 radical (unpaired) electrons. The summed E-state index contributed by atoms with van der Waals surface area (Å²) in [5.41, 5.74) is 4.60. The smallest absolute Gasteiger partial charge is 0.241 e. The Labute approximate surface area is 226 Å². The van der Waals surface area contributed by atoms with Gasteiger partial charge in [-0.05, 0) is 79.6 Å². The molecule has 1 fully saturated rings. The second-order valence-corrected chi connectivity index (χ2v) is 11.6. The highest BCUT2D eigenvalue weighted by Gasteiger charge is 2.19. The van der Waals surface area contributed by atoms with Gasteiger partial charge in [-0.2, -0.15) is 0 Å². The van der Waals surface area contributed by atoms with Crippen molar-refractivity contribution >= 4 is 26.5 Å². The Hall–Kier alpha value is -3.26. The summed E-state index contributed by atoms with van der Waals surface area (Å²) < 4.78 is 29.4. The van der Waals surface area contributed by atoms with Crippen molar-refractivity contribution in [1.29, 1.82) is 0 Å². The molecule has 1 saturated heterocycles. The molecule has 1 aliphatic rings. The van der Waals surface area contributed by atoms with Crippen LogP contribution in [0.25, 0.3) is 21.9 Å². The number of aromatic nitrogens is 1. The summed E-state index contributed by atoms with van der Waals surface area (Å²) >= 11 is 0. The number of aryl methyl sites for hydroxylation is 1. The zero-order chi connectivity index (χ0) is 26.2. The van der Waals surface area contributed by atoms with Gasteiger partial charge in [0.25, 0.3) is 0 Å². The molecular weight excluding hydrogens is 492 g/mol. The molecule has 6 nitrogen and oxygen atoms in total. The van der Waals surface area contributed by atoms with E-state index in [0.717, 1.165) is 49.0 Å². The quantitative estimate of drug-likeness (QED) is 0.255. The fraction of sp³-hybridized carbons (Fsp3) is 0.323. The maximum absolute atomic E-state index is 13.3. The molecular formula is C31H36N4O2S. The summed E-state index contributed by atoms with van der Waals surface area (Å²) in [6.45, 7) is 4.04. The van der Waals surface area contributed by atoms with Gasteiger partial charge in [0.2, 0.25) is 10.0 Å². The molecule has 7 heteroatoms. The van der Waals surface area contributed by atoms with Crippen molar-refractivity contribution in [3.8, 4) is 11.1 Å². The number of hydrogen-bond donors (Lipinski definition) is 2. The third kappa shape index (κ3) is 6.41. The van der Waals surface area contributed by atoms with Crippen molar-refractivity contribution < 1.29 is 8.42 Å². The molecule has 2 heterocycles. The van der Waals surface area contributed by atoms with Gasteiger partial charge in [-0.25, -0.2) is 13.1 Å². The normalized spacial score (nSPS) is 14.2. The van der Waals surface area contributed by atoms with E-state index in [1.54, 1.807) is 24.5 Å². The molecule has 0 saturated carbocycles. The molecule has 1 aliphatic heterocycles. The van der Waals surface area contributed by atoms with Crippen molar-refractivity contribution in [2.24, 2.45) is 0 Å². The largest absolute Gasteiger partial charge is 0.371 e. The predicted molar refractivity (Wildman–Crippen MR) is 156 cm³/mol. The summed E-state index contributed by atoms with van der Waals surface area (Å²) in [6.07, 6.45) is 9.24. The average molecular weight is 529 g/mol. The van der Waals surface area contributed by atoms with Crippen molar-refractivity contribution in [1.82, 2.24) is 15.0 Å². The Balaban J connectivity index is 1.16. The van der Waals surface area contributed by atoms with Gasteiger partial charge in [-0.3, -0.25) is 4.98 Å². The van der Waals surface area contributed by atoms with Crippen LogP contribution in [0.15, 0.2) is 90.1 Å². The molecule has 0 aliphatic carbocycles. The average Bonchev–Trinajstić information content (AvgIpc) is 2.97. The van der Waals surface area contributed by atoms with Gasteiger partial charge < -0.3 is 10.2 Å². The van der Waals surface area contributed by atoms with Crippen molar-refractivity contribution in [3.05, 3.63) is 90.8 Å². The first-order valence-electron chi connectivity index (χ1n) is 13.6. The molecule has 2 N–H and O–H groups in total. The minimum Gasteiger partial charge on any atom is -0.371 e. The summed E-state index contributed by atoms with van der Waals surface area (Å²) in [5.74, 6) is 0. The van der Waals surface area contributed by atoms with E-state index >= 15 is 0 Å². The van der Waals surface area contributed by atoms with Crippen LogP contribution in [0.1, 0.15) is 31.2 Å². The number of fused-ring (bicyclic) bond motifs is 1. The molecule has 198 valence electrons. The highest BCUT2D eigenvalue weighted by Crippen LogP contribution is 2.30. The molecule has 0 spiro atoms. The molecule has 4 aromatic rings. The number of para-hydroxylation sites is 1. The van der Waals surface area contributed by atoms with Gasteiger partial charge in [0.1, 0.15) is 0 Å². The molecule has 3 aromatic carbocycles. The van der Waals surface area contributed by atoms with E-state index in [9.17, 15) is 8.42 Å². The van der Waals surface area contributed by atoms with Gasteiger partial charge in [0.05, 0.1) is 4.90 Å². The van der Waals surface area contributed by atoms with Gasteiger partial charge in [-0.15, -0.1) is 0 Å². The third-order valence-electron chi connectivity index (χ3n) is 7.19. The lowest BCUT2D eigenvalue weighted by Gasteiger charge is -2.30. The number of rotatable bonds is 11. The van der Waals surface area contributed by atoms with E-state index in [-0.39, 0.29) is 4.90 Å². The SMILES string of the molecule is O=S(=O)(NCCNCCCc1ccccc1N1CCCCC1)c1cc(-c2ccccc2)cc2cnccc12. The Morgan fingerprint density at radius 1 is 0.816 bits per heavy atom. The minimum absolute atomic E-state index is 0.283. The zero-order valence-corrected chi connectivity index (χ0v) is 22.6. The van der Waals surface area contributed by atoms with Crippen LogP contribution in [-0.2, 0) is 16.4 Å². The van der Waals surface area contributed by atoms with Crippen LogP contribution in [0.3, 0.4) is 0 Å². The number of benzene rings is 3. The lowest BCUT2D eigenvalue weighted by atomic mass is 10.0. The number of nitrogens with zero attached hydrogens (tertiary/aromatic N) is 2. The van der Waals surface area contributed by atoms with Crippen molar-refractivity contribution in [2.75, 3.05) is 37.6 Å². The summed E-state index contributed by atoms with van der Waals surface area (Å²) in [6, 6.07) is 24.1. The molecule has 1 aromatic heterocycles. The number of pyridine rings is 1. The second-order valence-electron chi connectivity index (χ2n) is 9.86. The highest BCUT2D eigenvalue weighted by molar-refractivity contribution is 7.89. The first-order chi connectivity index (χ1) is 18.6. The molecule has 0 atom stereocenters. The van der Waals surface area contributed by atoms with Crippen molar-refractivity contribution in [2.45, 2.75) is 37.0 Å². The number of piperidine rings is 1. The number of nitrogens with one attached hydrogen (secondary N) is 2. The van der Waals surface area contributed by atoms with Crippen LogP contribution in [0.2, 0.25) is 0 Å². The Morgan fingerprint density at radius 3 is 2.45 bits per heavy atom. The van der Waals surface area contributed by atoms with Crippen LogP contribution in [0, 0.1) is 0 Å². The van der Waals surface area contributed by atoms with E-state index in [0.29, 0.717) is 18.5 Å². The standard InChI is InChI=1S/C31H36N4O2S/c36-38(37,31-23-27(25-10-3-1-4-11-25)22-28-24-33-17-15-29(28)31)34-19-18-32-16-9-13-26-12-5-6-14-30(26)35-20-7-2-8-21-35/h1,3-6,10-12,14-15,17,22-24,32,34H,2,7-9,13,16,18-21H2. The molecule has 0 amide bonds. The first kappa shape index (κ1) is 26.4. The van der Waals surface area contributed by atoms with E-state index in [4.69, 9.17) is 0 Å². The zero-order valence-electron chi connectivity index (χ0n) is 21.8. The number of hydrogen-bond acceptors (Lipinski definition) is 5. The van der Waals surface area contributed by atoms with Crippen LogP contribution >= 0.6 is 0 Å². The molecule has 0 bridgehead atoms. The van der Waals surface area contributed by atoms with Crippen molar-refractivity contribution in [3.63, 3.8) is 0 Å². The van der Waals surface area contributed by atoms with E-state index in [2.05, 4.69) is 44.2 Å². The lowest BCUT2D eigenvalue weighted by molar-refractivity contribution is 0.572. The summed E-state index contributed by atoms with van der Waals surface area (Å²) in [5, 5.41) is 4.88. The fourth-order valence-corrected chi connectivity index (χ4v) is 6.52. The topological polar surface area (TPSA) is 74.3 Å². The van der Waals surface area contributed by atoms with Gasteiger partial charge in [-0.1, -0.05) is 48.5 Å². The van der Waals surface area contributed by atoms with Gasteiger partial charge in [0.15, 0.2) is 0 Å². The molecule has 5 rings (SSSR count). The lowest BCUT2D eigenvalue weighted by Crippen LogP contribution is -2.32. The highest BCUT2D eigenvalue weighted by atomic mass is 32.2. The monoisotopic (exact) mass is 528 g/mol. The minimum atomic E-state index is -3.69. The number of anilines is 1. The Morgan fingerprint density at radius 2 is 1.61 bits per heavy atom. The molecule has 0 unspecified atom stereocenters. The Bertz CT molecular complexity index is 1450. The third-order valence-corrected chi connectivity index (χ3v) is 8.69. The Kier molecular flexibility index (Phi) is 8.68. The van der Waals surface area contributed by atoms with Crippen LogP contribution < -0.4 is 14.9 Å². The summed E-state index contributed by atoms with van der Waals surface area (Å²) in [7, 11) is -3.69. The van der Waals surface area contributed by atoms with E-state index in [1.807, 2.05) is 36.4 Å². The van der Waals surface area contributed by atoms with Crippen LogP contribution in [-0.4, -0.2) is 46.1 Å².